The Balaban J connectivity index is 2.17. The minimum absolute atomic E-state index is 0.00927. The first kappa shape index (κ1) is 16.0. The molecule has 0 amide bonds. The summed E-state index contributed by atoms with van der Waals surface area (Å²) in [5.74, 6) is 5.57. The van der Waals surface area contributed by atoms with Crippen molar-refractivity contribution in [1.29, 1.82) is 0 Å². The largest absolute Gasteiger partial charge is 0.377 e. The second kappa shape index (κ2) is 7.05. The van der Waals surface area contributed by atoms with Crippen LogP contribution in [0, 0.1) is 11.8 Å². The first-order chi connectivity index (χ1) is 10.0. The van der Waals surface area contributed by atoms with Crippen LogP contribution in [0.3, 0.4) is 0 Å². The van der Waals surface area contributed by atoms with Crippen LogP contribution >= 0.6 is 0 Å². The van der Waals surface area contributed by atoms with Gasteiger partial charge in [-0.25, -0.2) is 8.42 Å². The fourth-order valence-electron chi connectivity index (χ4n) is 2.24. The summed E-state index contributed by atoms with van der Waals surface area (Å²) in [6, 6.07) is 6.61. The summed E-state index contributed by atoms with van der Waals surface area (Å²) in [6.45, 7) is 1.33. The summed E-state index contributed by atoms with van der Waals surface area (Å²) in [7, 11) is -1.94. The number of hydrogen-bond donors (Lipinski definition) is 1. The quantitative estimate of drug-likeness (QED) is 0.835. The summed E-state index contributed by atoms with van der Waals surface area (Å²) < 4.78 is 31.9. The van der Waals surface area contributed by atoms with Crippen LogP contribution in [0.25, 0.3) is 0 Å². The Morgan fingerprint density at radius 1 is 1.48 bits per heavy atom. The highest BCUT2D eigenvalue weighted by molar-refractivity contribution is 7.89. The zero-order valence-corrected chi connectivity index (χ0v) is 12.9. The molecule has 114 valence electrons. The molecule has 1 heterocycles. The number of sulfonamides is 1. The van der Waals surface area contributed by atoms with Crippen LogP contribution in [0.15, 0.2) is 29.2 Å². The van der Waals surface area contributed by atoms with E-state index < -0.39 is 10.0 Å². The molecule has 1 atom stereocenters. The molecule has 2 N–H and O–H groups in total. The lowest BCUT2D eigenvalue weighted by atomic mass is 10.2. The molecule has 1 fully saturated rings. The molecule has 2 rings (SSSR count). The summed E-state index contributed by atoms with van der Waals surface area (Å²) in [4.78, 5) is 0.242. The molecule has 1 aromatic carbocycles. The Kier molecular flexibility index (Phi) is 5.37. The number of nitrogens with zero attached hydrogens (tertiary/aromatic N) is 1. The summed E-state index contributed by atoms with van der Waals surface area (Å²) in [5, 5.41) is 0. The number of hydrogen-bond acceptors (Lipinski definition) is 4. The molecule has 0 bridgehead atoms. The van der Waals surface area contributed by atoms with Crippen molar-refractivity contribution < 1.29 is 13.2 Å². The molecule has 0 radical (unpaired) electrons. The van der Waals surface area contributed by atoms with Crippen molar-refractivity contribution in [2.24, 2.45) is 5.73 Å². The average molecular weight is 308 g/mol. The van der Waals surface area contributed by atoms with Crippen molar-refractivity contribution in [3.8, 4) is 11.8 Å². The van der Waals surface area contributed by atoms with Gasteiger partial charge in [-0.1, -0.05) is 17.9 Å². The van der Waals surface area contributed by atoms with Gasteiger partial charge in [0.2, 0.25) is 10.0 Å². The van der Waals surface area contributed by atoms with E-state index in [1.54, 1.807) is 31.3 Å². The van der Waals surface area contributed by atoms with Gasteiger partial charge in [0.15, 0.2) is 0 Å². The number of likely N-dealkylation sites (N-methyl/N-ethyl adjacent to an activating group) is 1. The van der Waals surface area contributed by atoms with E-state index >= 15 is 0 Å². The highest BCUT2D eigenvalue weighted by atomic mass is 32.2. The van der Waals surface area contributed by atoms with Gasteiger partial charge in [0.05, 0.1) is 17.5 Å². The van der Waals surface area contributed by atoms with Gasteiger partial charge in [-0.15, -0.1) is 0 Å². The molecule has 1 aromatic rings. The third-order valence-corrected chi connectivity index (χ3v) is 5.18. The van der Waals surface area contributed by atoms with Crippen LogP contribution in [0.5, 0.6) is 0 Å². The maximum Gasteiger partial charge on any atom is 0.242 e. The zero-order chi connectivity index (χ0) is 15.3. The first-order valence-corrected chi connectivity index (χ1v) is 8.35. The van der Waals surface area contributed by atoms with Gasteiger partial charge < -0.3 is 10.5 Å². The highest BCUT2D eigenvalue weighted by Gasteiger charge is 2.26. The summed E-state index contributed by atoms with van der Waals surface area (Å²) in [5.41, 5.74) is 5.97. The molecule has 0 spiro atoms. The van der Waals surface area contributed by atoms with E-state index in [-0.39, 0.29) is 17.5 Å². The second-order valence-electron chi connectivity index (χ2n) is 4.95. The molecular formula is C15H20N2O3S. The van der Waals surface area contributed by atoms with E-state index in [1.807, 2.05) is 0 Å². The number of nitrogens with two attached hydrogens (primary N) is 1. The van der Waals surface area contributed by atoms with E-state index in [4.69, 9.17) is 10.5 Å². The molecule has 1 aliphatic rings. The van der Waals surface area contributed by atoms with Crippen molar-refractivity contribution in [3.05, 3.63) is 29.8 Å². The van der Waals surface area contributed by atoms with Gasteiger partial charge in [0.1, 0.15) is 0 Å². The molecule has 1 unspecified atom stereocenters. The Morgan fingerprint density at radius 3 is 2.95 bits per heavy atom. The topological polar surface area (TPSA) is 72.6 Å². The summed E-state index contributed by atoms with van der Waals surface area (Å²) in [6.07, 6.45) is 1.88. The van der Waals surface area contributed by atoms with Gasteiger partial charge in [-0.05, 0) is 31.0 Å². The zero-order valence-electron chi connectivity index (χ0n) is 12.1. The molecular weight excluding hydrogens is 288 g/mol. The van der Waals surface area contributed by atoms with Crippen LogP contribution in [0.1, 0.15) is 18.4 Å². The van der Waals surface area contributed by atoms with Gasteiger partial charge in [-0.3, -0.25) is 0 Å². The van der Waals surface area contributed by atoms with Crippen molar-refractivity contribution in [2.45, 2.75) is 23.8 Å². The maximum absolute atomic E-state index is 12.5. The maximum atomic E-state index is 12.5. The standard InChI is InChI=1S/C15H20N2O3S/c1-17(12-14-7-4-10-20-14)21(18,19)15-8-2-5-13(11-15)6-3-9-16/h2,5,8,11,14H,4,7,9-10,12,16H2,1H3. The second-order valence-corrected chi connectivity index (χ2v) is 7.00. The Labute approximate surface area is 126 Å². The lowest BCUT2D eigenvalue weighted by Gasteiger charge is -2.20. The molecule has 0 saturated carbocycles. The van der Waals surface area contributed by atoms with Gasteiger partial charge in [0, 0.05) is 25.8 Å². The monoisotopic (exact) mass is 308 g/mol. The lowest BCUT2D eigenvalue weighted by Crippen LogP contribution is -2.34. The first-order valence-electron chi connectivity index (χ1n) is 6.91. The highest BCUT2D eigenvalue weighted by Crippen LogP contribution is 2.19. The fourth-order valence-corrected chi connectivity index (χ4v) is 3.49. The van der Waals surface area contributed by atoms with Gasteiger partial charge >= 0.3 is 0 Å². The van der Waals surface area contributed by atoms with Gasteiger partial charge in [-0.2, -0.15) is 4.31 Å². The predicted molar refractivity (Wildman–Crippen MR) is 81.2 cm³/mol. The number of benzene rings is 1. The molecule has 5 nitrogen and oxygen atoms in total. The van der Waals surface area contributed by atoms with Crippen LogP contribution in [-0.4, -0.2) is 45.6 Å². The Hall–Kier alpha value is -1.39. The van der Waals surface area contributed by atoms with Crippen LogP contribution in [0.2, 0.25) is 0 Å². The minimum Gasteiger partial charge on any atom is -0.377 e. The smallest absolute Gasteiger partial charge is 0.242 e. The molecule has 6 heteroatoms. The van der Waals surface area contributed by atoms with E-state index in [9.17, 15) is 8.42 Å². The molecule has 1 saturated heterocycles. The van der Waals surface area contributed by atoms with Crippen molar-refractivity contribution >= 4 is 10.0 Å². The number of ether oxygens (including phenoxy) is 1. The third kappa shape index (κ3) is 4.05. The normalized spacial score (nSPS) is 18.5. The summed E-state index contributed by atoms with van der Waals surface area (Å²) >= 11 is 0. The van der Waals surface area contributed by atoms with Crippen LogP contribution in [-0.2, 0) is 14.8 Å². The van der Waals surface area contributed by atoms with Crippen molar-refractivity contribution in [1.82, 2.24) is 4.31 Å². The van der Waals surface area contributed by atoms with Crippen molar-refractivity contribution in [3.63, 3.8) is 0 Å². The molecule has 0 aliphatic carbocycles. The lowest BCUT2D eigenvalue weighted by molar-refractivity contribution is 0.0979. The molecule has 0 aromatic heterocycles. The number of rotatable bonds is 4. The van der Waals surface area contributed by atoms with E-state index in [0.29, 0.717) is 18.7 Å². The Bertz CT molecular complexity index is 640. The third-order valence-electron chi connectivity index (χ3n) is 3.36. The van der Waals surface area contributed by atoms with Gasteiger partial charge in [0.25, 0.3) is 0 Å². The van der Waals surface area contributed by atoms with E-state index in [0.717, 1.165) is 12.8 Å². The van der Waals surface area contributed by atoms with Crippen molar-refractivity contribution in [2.75, 3.05) is 26.7 Å². The fraction of sp³-hybridized carbons (Fsp3) is 0.467. The minimum atomic E-state index is -3.52. The van der Waals surface area contributed by atoms with Crippen LogP contribution < -0.4 is 5.73 Å². The Morgan fingerprint density at radius 2 is 2.29 bits per heavy atom. The van der Waals surface area contributed by atoms with E-state index in [2.05, 4.69) is 11.8 Å². The van der Waals surface area contributed by atoms with Crippen LogP contribution in [0.4, 0.5) is 0 Å². The van der Waals surface area contributed by atoms with E-state index in [1.165, 1.54) is 4.31 Å². The SMILES string of the molecule is CN(CC1CCCO1)S(=O)(=O)c1cccc(C#CCN)c1. The molecule has 21 heavy (non-hydrogen) atoms. The molecule has 1 aliphatic heterocycles. The predicted octanol–water partition coefficient (Wildman–Crippen LogP) is 0.796. The average Bonchev–Trinajstić information content (AvgIpc) is 2.98.